The van der Waals surface area contributed by atoms with Crippen molar-refractivity contribution in [1.29, 1.82) is 0 Å². The van der Waals surface area contributed by atoms with E-state index in [2.05, 4.69) is 6.58 Å². The molecule has 74 valence electrons. The third-order valence-electron chi connectivity index (χ3n) is 1.76. The molecule has 3 heteroatoms. The number of hydrogen-bond acceptors (Lipinski definition) is 3. The second kappa shape index (κ2) is 4.58. The second-order valence-corrected chi connectivity index (χ2v) is 2.93. The zero-order valence-corrected chi connectivity index (χ0v) is 8.07. The van der Waals surface area contributed by atoms with Crippen LogP contribution >= 0.6 is 0 Å². The molecule has 0 aromatic heterocycles. The summed E-state index contributed by atoms with van der Waals surface area (Å²) in [6, 6.07) is 6.86. The molecule has 0 fully saturated rings. The maximum Gasteiger partial charge on any atom is 0.308 e. The molecule has 0 unspecified atom stereocenters. The van der Waals surface area contributed by atoms with Crippen molar-refractivity contribution in [2.45, 2.75) is 13.0 Å². The third kappa shape index (κ3) is 2.71. The van der Waals surface area contributed by atoms with E-state index in [4.69, 9.17) is 10.5 Å². The van der Waals surface area contributed by atoms with Gasteiger partial charge in [-0.2, -0.15) is 0 Å². The van der Waals surface area contributed by atoms with Crippen LogP contribution in [0.3, 0.4) is 0 Å². The van der Waals surface area contributed by atoms with Gasteiger partial charge in [0, 0.05) is 13.0 Å². The van der Waals surface area contributed by atoms with Gasteiger partial charge in [0.15, 0.2) is 0 Å². The Morgan fingerprint density at radius 1 is 1.64 bits per heavy atom. The van der Waals surface area contributed by atoms with Gasteiger partial charge < -0.3 is 10.5 Å². The van der Waals surface area contributed by atoms with Gasteiger partial charge in [0.1, 0.15) is 5.75 Å². The summed E-state index contributed by atoms with van der Waals surface area (Å²) in [5.41, 5.74) is 6.61. The lowest BCUT2D eigenvalue weighted by molar-refractivity contribution is -0.131. The highest BCUT2D eigenvalue weighted by Crippen LogP contribution is 2.18. The van der Waals surface area contributed by atoms with Gasteiger partial charge in [-0.3, -0.25) is 4.79 Å². The summed E-state index contributed by atoms with van der Waals surface area (Å²) in [7, 11) is 0. The standard InChI is InChI=1S/C11H13NO2/c1-3-11(12)9-5-4-6-10(7-9)14-8(2)13/h3-7,11H,1,12H2,2H3/t11-/m1/s1. The molecule has 0 aliphatic carbocycles. The van der Waals surface area contributed by atoms with Gasteiger partial charge in [0.2, 0.25) is 0 Å². The Balaban J connectivity index is 2.88. The number of benzene rings is 1. The molecule has 0 heterocycles. The lowest BCUT2D eigenvalue weighted by Gasteiger charge is -2.08. The van der Waals surface area contributed by atoms with E-state index in [1.54, 1.807) is 24.3 Å². The van der Waals surface area contributed by atoms with Crippen molar-refractivity contribution < 1.29 is 9.53 Å². The van der Waals surface area contributed by atoms with E-state index >= 15 is 0 Å². The molecular weight excluding hydrogens is 178 g/mol. The van der Waals surface area contributed by atoms with E-state index in [1.165, 1.54) is 6.92 Å². The van der Waals surface area contributed by atoms with E-state index in [9.17, 15) is 4.79 Å². The van der Waals surface area contributed by atoms with E-state index in [1.807, 2.05) is 6.07 Å². The molecular formula is C11H13NO2. The number of carbonyl (C=O) groups excluding carboxylic acids is 1. The van der Waals surface area contributed by atoms with E-state index in [0.717, 1.165) is 5.56 Å². The lowest BCUT2D eigenvalue weighted by atomic mass is 10.1. The zero-order valence-electron chi connectivity index (χ0n) is 8.07. The molecule has 1 atom stereocenters. The molecule has 1 aromatic rings. The number of hydrogen-bond donors (Lipinski definition) is 1. The second-order valence-electron chi connectivity index (χ2n) is 2.93. The number of esters is 1. The first-order valence-electron chi connectivity index (χ1n) is 4.30. The zero-order chi connectivity index (χ0) is 10.6. The van der Waals surface area contributed by atoms with Crippen molar-refractivity contribution in [2.75, 3.05) is 0 Å². The van der Waals surface area contributed by atoms with E-state index in [-0.39, 0.29) is 12.0 Å². The third-order valence-corrected chi connectivity index (χ3v) is 1.76. The Morgan fingerprint density at radius 3 is 2.93 bits per heavy atom. The predicted molar refractivity (Wildman–Crippen MR) is 54.9 cm³/mol. The molecule has 3 nitrogen and oxygen atoms in total. The Kier molecular flexibility index (Phi) is 3.42. The van der Waals surface area contributed by atoms with Crippen molar-refractivity contribution in [3.63, 3.8) is 0 Å². The summed E-state index contributed by atoms with van der Waals surface area (Å²) in [6.45, 7) is 4.96. The Morgan fingerprint density at radius 2 is 2.36 bits per heavy atom. The van der Waals surface area contributed by atoms with Crippen LogP contribution < -0.4 is 10.5 Å². The van der Waals surface area contributed by atoms with Crippen LogP contribution in [0.1, 0.15) is 18.5 Å². The first-order valence-corrected chi connectivity index (χ1v) is 4.30. The molecule has 0 saturated carbocycles. The average molecular weight is 191 g/mol. The largest absolute Gasteiger partial charge is 0.427 e. The van der Waals surface area contributed by atoms with Crippen molar-refractivity contribution in [2.24, 2.45) is 5.73 Å². The maximum absolute atomic E-state index is 10.7. The van der Waals surface area contributed by atoms with E-state index < -0.39 is 0 Å². The fourth-order valence-electron chi connectivity index (χ4n) is 1.09. The summed E-state index contributed by atoms with van der Waals surface area (Å²) in [5.74, 6) is 0.168. The molecule has 14 heavy (non-hydrogen) atoms. The van der Waals surface area contributed by atoms with Gasteiger partial charge in [-0.1, -0.05) is 18.2 Å². The van der Waals surface area contributed by atoms with Gasteiger partial charge in [-0.25, -0.2) is 0 Å². The van der Waals surface area contributed by atoms with Crippen LogP contribution in [0.4, 0.5) is 0 Å². The van der Waals surface area contributed by atoms with Gasteiger partial charge in [-0.15, -0.1) is 6.58 Å². The molecule has 0 saturated heterocycles. The minimum atomic E-state index is -0.339. The molecule has 0 aliphatic rings. The van der Waals surface area contributed by atoms with Gasteiger partial charge in [-0.05, 0) is 17.7 Å². The number of rotatable bonds is 3. The van der Waals surface area contributed by atoms with Crippen LogP contribution in [0.5, 0.6) is 5.75 Å². The first kappa shape index (κ1) is 10.5. The van der Waals surface area contributed by atoms with Gasteiger partial charge in [0.05, 0.1) is 0 Å². The highest BCUT2D eigenvalue weighted by Gasteiger charge is 2.03. The van der Waals surface area contributed by atoms with Crippen molar-refractivity contribution in [3.05, 3.63) is 42.5 Å². The molecule has 2 N–H and O–H groups in total. The van der Waals surface area contributed by atoms with Crippen molar-refractivity contribution in [3.8, 4) is 5.75 Å². The quantitative estimate of drug-likeness (QED) is 0.450. The Hall–Kier alpha value is -1.61. The van der Waals surface area contributed by atoms with Crippen molar-refractivity contribution in [1.82, 2.24) is 0 Å². The average Bonchev–Trinajstić information content (AvgIpc) is 2.16. The van der Waals surface area contributed by atoms with Crippen LogP contribution in [0.2, 0.25) is 0 Å². The number of carbonyl (C=O) groups is 1. The molecule has 1 rings (SSSR count). The number of nitrogens with two attached hydrogens (primary N) is 1. The molecule has 0 amide bonds. The molecule has 0 spiro atoms. The van der Waals surface area contributed by atoms with Crippen LogP contribution in [-0.2, 0) is 4.79 Å². The molecule has 0 bridgehead atoms. The summed E-state index contributed by atoms with van der Waals surface area (Å²) in [5, 5.41) is 0. The van der Waals surface area contributed by atoms with Crippen molar-refractivity contribution >= 4 is 5.97 Å². The maximum atomic E-state index is 10.7. The van der Waals surface area contributed by atoms with Crippen LogP contribution in [-0.4, -0.2) is 5.97 Å². The fourth-order valence-corrected chi connectivity index (χ4v) is 1.09. The number of ether oxygens (including phenoxy) is 1. The van der Waals surface area contributed by atoms with Gasteiger partial charge >= 0.3 is 5.97 Å². The summed E-state index contributed by atoms with van der Waals surface area (Å²) in [6.07, 6.45) is 1.63. The first-order chi connectivity index (χ1) is 6.63. The Bertz CT molecular complexity index is 347. The monoisotopic (exact) mass is 191 g/mol. The lowest BCUT2D eigenvalue weighted by Crippen LogP contribution is -2.07. The van der Waals surface area contributed by atoms with E-state index in [0.29, 0.717) is 5.75 Å². The SMILES string of the molecule is C=C[C@@H](N)c1cccc(OC(C)=O)c1. The minimum Gasteiger partial charge on any atom is -0.427 e. The highest BCUT2D eigenvalue weighted by molar-refractivity contribution is 5.69. The van der Waals surface area contributed by atoms with Crippen LogP contribution in [0, 0.1) is 0 Å². The molecule has 0 aliphatic heterocycles. The van der Waals surface area contributed by atoms with Crippen LogP contribution in [0.25, 0.3) is 0 Å². The fraction of sp³-hybridized carbons (Fsp3) is 0.182. The normalized spacial score (nSPS) is 11.9. The highest BCUT2D eigenvalue weighted by atomic mass is 16.5. The Labute approximate surface area is 83.2 Å². The minimum absolute atomic E-state index is 0.231. The summed E-state index contributed by atoms with van der Waals surface area (Å²) in [4.78, 5) is 10.7. The topological polar surface area (TPSA) is 52.3 Å². The summed E-state index contributed by atoms with van der Waals surface area (Å²) >= 11 is 0. The smallest absolute Gasteiger partial charge is 0.308 e. The summed E-state index contributed by atoms with van der Waals surface area (Å²) < 4.78 is 4.92. The van der Waals surface area contributed by atoms with Gasteiger partial charge in [0.25, 0.3) is 0 Å². The van der Waals surface area contributed by atoms with Crippen LogP contribution in [0.15, 0.2) is 36.9 Å². The molecule has 0 radical (unpaired) electrons. The molecule has 1 aromatic carbocycles. The predicted octanol–water partition coefficient (Wildman–Crippen LogP) is 1.80.